The lowest BCUT2D eigenvalue weighted by molar-refractivity contribution is 0.172. The topological polar surface area (TPSA) is 32.3 Å². The van der Waals surface area contributed by atoms with Crippen molar-refractivity contribution in [2.24, 2.45) is 0 Å². The summed E-state index contributed by atoms with van der Waals surface area (Å²) >= 11 is 0. The lowest BCUT2D eigenvalue weighted by Gasteiger charge is -2.22. The molecule has 2 nitrogen and oxygen atoms in total. The summed E-state index contributed by atoms with van der Waals surface area (Å²) in [5.41, 5.74) is 4.24. The van der Waals surface area contributed by atoms with Gasteiger partial charge in [0, 0.05) is 12.6 Å². The van der Waals surface area contributed by atoms with Crippen molar-refractivity contribution in [3.05, 3.63) is 71.3 Å². The zero-order valence-electron chi connectivity index (χ0n) is 13.2. The molecule has 0 aliphatic heterocycles. The van der Waals surface area contributed by atoms with Crippen molar-refractivity contribution < 1.29 is 5.11 Å². The molecule has 0 aromatic heterocycles. The Balaban J connectivity index is 1.67. The maximum Gasteiger partial charge on any atom is 0.0518 e. The fraction of sp³-hybridized carbons (Fsp3) is 0.400. The number of aliphatic hydroxyl groups is 1. The number of hydrogen-bond donors (Lipinski definition) is 2. The Morgan fingerprint density at radius 1 is 1.09 bits per heavy atom. The van der Waals surface area contributed by atoms with Gasteiger partial charge in [0.2, 0.25) is 0 Å². The molecule has 1 aliphatic rings. The van der Waals surface area contributed by atoms with Gasteiger partial charge in [-0.2, -0.15) is 0 Å². The molecule has 0 radical (unpaired) electrons. The third-order valence-electron chi connectivity index (χ3n) is 4.64. The van der Waals surface area contributed by atoms with Gasteiger partial charge in [0.05, 0.1) is 6.10 Å². The van der Waals surface area contributed by atoms with E-state index in [0.717, 1.165) is 13.0 Å². The number of aliphatic hydroxyl groups excluding tert-OH is 1. The van der Waals surface area contributed by atoms with Crippen LogP contribution in [0, 0.1) is 0 Å². The minimum atomic E-state index is -0.275. The number of fused-ring (bicyclic) bond motifs is 1. The van der Waals surface area contributed by atoms with Crippen molar-refractivity contribution in [1.29, 1.82) is 0 Å². The zero-order chi connectivity index (χ0) is 15.4. The molecule has 0 heterocycles. The molecule has 2 aromatic rings. The second kappa shape index (κ2) is 7.08. The first-order valence-corrected chi connectivity index (χ1v) is 8.28. The molecule has 0 saturated heterocycles. The van der Waals surface area contributed by atoms with E-state index in [0.29, 0.717) is 12.0 Å². The van der Waals surface area contributed by atoms with E-state index >= 15 is 0 Å². The summed E-state index contributed by atoms with van der Waals surface area (Å²) in [6.07, 6.45) is 2.86. The Morgan fingerprint density at radius 3 is 2.59 bits per heavy atom. The lowest BCUT2D eigenvalue weighted by atomic mass is 9.93. The van der Waals surface area contributed by atoms with Gasteiger partial charge in [0.1, 0.15) is 0 Å². The van der Waals surface area contributed by atoms with E-state index in [1.165, 1.54) is 29.5 Å². The fourth-order valence-electron chi connectivity index (χ4n) is 3.53. The van der Waals surface area contributed by atoms with Crippen LogP contribution in [0.25, 0.3) is 0 Å². The average Bonchev–Trinajstić information content (AvgIpc) is 2.95. The predicted octanol–water partition coefficient (Wildman–Crippen LogP) is 3.82. The third-order valence-corrected chi connectivity index (χ3v) is 4.64. The van der Waals surface area contributed by atoms with Gasteiger partial charge in [-0.3, -0.25) is 0 Å². The Hall–Kier alpha value is -1.64. The molecule has 116 valence electrons. The van der Waals surface area contributed by atoms with Gasteiger partial charge in [0.15, 0.2) is 0 Å². The quantitative estimate of drug-likeness (QED) is 0.849. The van der Waals surface area contributed by atoms with Gasteiger partial charge in [-0.05, 0) is 48.8 Å². The van der Waals surface area contributed by atoms with Crippen molar-refractivity contribution in [3.63, 3.8) is 0 Å². The van der Waals surface area contributed by atoms with Crippen LogP contribution in [0.4, 0.5) is 0 Å². The van der Waals surface area contributed by atoms with Gasteiger partial charge in [-0.25, -0.2) is 0 Å². The highest BCUT2D eigenvalue weighted by molar-refractivity contribution is 5.34. The summed E-state index contributed by atoms with van der Waals surface area (Å²) in [6, 6.07) is 19.7. The molecule has 0 bridgehead atoms. The molecular formula is C20H25NO. The molecule has 0 saturated carbocycles. The number of hydrogen-bond acceptors (Lipinski definition) is 2. The second-order valence-corrected chi connectivity index (χ2v) is 6.39. The number of rotatable bonds is 6. The first kappa shape index (κ1) is 15.3. The summed E-state index contributed by atoms with van der Waals surface area (Å²) < 4.78 is 0. The molecular weight excluding hydrogens is 270 g/mol. The van der Waals surface area contributed by atoms with Crippen molar-refractivity contribution >= 4 is 0 Å². The van der Waals surface area contributed by atoms with Crippen LogP contribution >= 0.6 is 0 Å². The normalized spacial score (nSPS) is 19.6. The smallest absolute Gasteiger partial charge is 0.0518 e. The summed E-state index contributed by atoms with van der Waals surface area (Å²) in [7, 11) is 0. The lowest BCUT2D eigenvalue weighted by Crippen LogP contribution is -2.27. The van der Waals surface area contributed by atoms with Crippen LogP contribution in [0.5, 0.6) is 0 Å². The highest BCUT2D eigenvalue weighted by Gasteiger charge is 2.23. The average molecular weight is 295 g/mol. The van der Waals surface area contributed by atoms with Crippen molar-refractivity contribution in [1.82, 2.24) is 5.32 Å². The van der Waals surface area contributed by atoms with Crippen LogP contribution in [0.1, 0.15) is 48.4 Å². The Bertz CT molecular complexity index is 594. The standard InChI is InChI=1S/C20H25NO/c1-15(22)13-18(16-7-3-2-4-8-16)14-21-20-12-11-17-9-5-6-10-19(17)20/h2-10,15,18,20-22H,11-14H2,1H3. The molecule has 22 heavy (non-hydrogen) atoms. The Kier molecular flexibility index (Phi) is 4.91. The molecule has 0 fully saturated rings. The largest absolute Gasteiger partial charge is 0.393 e. The maximum absolute atomic E-state index is 9.81. The van der Waals surface area contributed by atoms with Crippen LogP contribution in [-0.4, -0.2) is 17.8 Å². The molecule has 3 atom stereocenters. The number of nitrogens with one attached hydrogen (secondary N) is 1. The van der Waals surface area contributed by atoms with Crippen LogP contribution in [-0.2, 0) is 6.42 Å². The Morgan fingerprint density at radius 2 is 1.82 bits per heavy atom. The van der Waals surface area contributed by atoms with E-state index in [9.17, 15) is 5.11 Å². The first-order chi connectivity index (χ1) is 10.7. The number of benzene rings is 2. The minimum absolute atomic E-state index is 0.275. The van der Waals surface area contributed by atoms with Gasteiger partial charge in [-0.15, -0.1) is 0 Å². The molecule has 0 spiro atoms. The molecule has 2 aromatic carbocycles. The predicted molar refractivity (Wildman–Crippen MR) is 91.0 cm³/mol. The molecule has 1 aliphatic carbocycles. The highest BCUT2D eigenvalue weighted by Crippen LogP contribution is 2.31. The van der Waals surface area contributed by atoms with Gasteiger partial charge < -0.3 is 10.4 Å². The number of aryl methyl sites for hydroxylation is 1. The summed E-state index contributed by atoms with van der Waals surface area (Å²) in [4.78, 5) is 0. The summed E-state index contributed by atoms with van der Waals surface area (Å²) in [5.74, 6) is 0.356. The van der Waals surface area contributed by atoms with E-state index in [1.54, 1.807) is 0 Å². The van der Waals surface area contributed by atoms with Crippen molar-refractivity contribution in [3.8, 4) is 0 Å². The van der Waals surface area contributed by atoms with E-state index in [-0.39, 0.29) is 6.10 Å². The van der Waals surface area contributed by atoms with Gasteiger partial charge in [-0.1, -0.05) is 54.6 Å². The highest BCUT2D eigenvalue weighted by atomic mass is 16.3. The molecule has 0 amide bonds. The van der Waals surface area contributed by atoms with Crippen LogP contribution in [0.2, 0.25) is 0 Å². The van der Waals surface area contributed by atoms with E-state index in [4.69, 9.17) is 0 Å². The molecule has 3 unspecified atom stereocenters. The van der Waals surface area contributed by atoms with Crippen LogP contribution in [0.15, 0.2) is 54.6 Å². The van der Waals surface area contributed by atoms with E-state index in [1.807, 2.05) is 13.0 Å². The van der Waals surface area contributed by atoms with Gasteiger partial charge in [0.25, 0.3) is 0 Å². The molecule has 2 N–H and O–H groups in total. The maximum atomic E-state index is 9.81. The summed E-state index contributed by atoms with van der Waals surface area (Å²) in [6.45, 7) is 2.79. The second-order valence-electron chi connectivity index (χ2n) is 6.39. The minimum Gasteiger partial charge on any atom is -0.393 e. The van der Waals surface area contributed by atoms with E-state index < -0.39 is 0 Å². The molecule has 3 rings (SSSR count). The third kappa shape index (κ3) is 3.57. The van der Waals surface area contributed by atoms with Crippen molar-refractivity contribution in [2.75, 3.05) is 6.54 Å². The fourth-order valence-corrected chi connectivity index (χ4v) is 3.53. The van der Waals surface area contributed by atoms with Crippen molar-refractivity contribution in [2.45, 2.75) is 44.2 Å². The summed E-state index contributed by atoms with van der Waals surface area (Å²) in [5, 5.41) is 13.5. The Labute approximate surface area is 133 Å². The van der Waals surface area contributed by atoms with Crippen LogP contribution < -0.4 is 5.32 Å². The SMILES string of the molecule is CC(O)CC(CNC1CCc2ccccc21)c1ccccc1. The first-order valence-electron chi connectivity index (χ1n) is 8.28. The van der Waals surface area contributed by atoms with Crippen LogP contribution in [0.3, 0.4) is 0 Å². The van der Waals surface area contributed by atoms with E-state index in [2.05, 4.69) is 53.8 Å². The monoisotopic (exact) mass is 295 g/mol. The van der Waals surface area contributed by atoms with Gasteiger partial charge >= 0.3 is 0 Å². The zero-order valence-corrected chi connectivity index (χ0v) is 13.2. The molecule has 2 heteroatoms.